The van der Waals surface area contributed by atoms with Crippen molar-refractivity contribution in [3.8, 4) is 6.07 Å². The van der Waals surface area contributed by atoms with Gasteiger partial charge in [0.25, 0.3) is 0 Å². The summed E-state index contributed by atoms with van der Waals surface area (Å²) in [7, 11) is 0. The number of nitriles is 1. The summed E-state index contributed by atoms with van der Waals surface area (Å²) in [6, 6.07) is 12.0. The first-order chi connectivity index (χ1) is 8.79. The van der Waals surface area contributed by atoms with Crippen molar-refractivity contribution in [2.75, 3.05) is 13.1 Å². The summed E-state index contributed by atoms with van der Waals surface area (Å²) in [4.78, 5) is 13.7. The van der Waals surface area contributed by atoms with Crippen LogP contribution in [-0.2, 0) is 11.3 Å². The molecule has 1 amide bonds. The van der Waals surface area contributed by atoms with Gasteiger partial charge in [0.15, 0.2) is 0 Å². The first-order valence-electron chi connectivity index (χ1n) is 6.24. The summed E-state index contributed by atoms with van der Waals surface area (Å²) in [5.41, 5.74) is 1.09. The fraction of sp³-hybridized carbons (Fsp3) is 0.429. The number of likely N-dealkylation sites (tertiary alicyclic amines) is 1. The minimum absolute atomic E-state index is 0.0130. The number of nitrogens with zero attached hydrogens (tertiary/aromatic N) is 2. The summed E-state index contributed by atoms with van der Waals surface area (Å²) in [5, 5.41) is 11.8. The van der Waals surface area contributed by atoms with Gasteiger partial charge >= 0.3 is 0 Å². The van der Waals surface area contributed by atoms with E-state index in [1.165, 1.54) is 0 Å². The molecular formula is C14H17N3O. The Labute approximate surface area is 107 Å². The molecule has 0 spiro atoms. The van der Waals surface area contributed by atoms with Gasteiger partial charge in [0.2, 0.25) is 5.91 Å². The Kier molecular flexibility index (Phi) is 4.32. The third-order valence-electron chi connectivity index (χ3n) is 3.19. The van der Waals surface area contributed by atoms with E-state index in [1.54, 1.807) is 0 Å². The molecule has 1 heterocycles. The van der Waals surface area contributed by atoms with Crippen LogP contribution in [0, 0.1) is 11.3 Å². The van der Waals surface area contributed by atoms with E-state index in [1.807, 2.05) is 35.2 Å². The monoisotopic (exact) mass is 243 g/mol. The van der Waals surface area contributed by atoms with Crippen LogP contribution in [0.1, 0.15) is 18.4 Å². The molecular weight excluding hydrogens is 226 g/mol. The summed E-state index contributed by atoms with van der Waals surface area (Å²) in [6.07, 6.45) is 1.88. The van der Waals surface area contributed by atoms with Crippen LogP contribution >= 0.6 is 0 Å². The molecule has 2 rings (SSSR count). The van der Waals surface area contributed by atoms with Gasteiger partial charge in [0.1, 0.15) is 0 Å². The van der Waals surface area contributed by atoms with Crippen molar-refractivity contribution in [2.24, 2.45) is 0 Å². The number of carbonyl (C=O) groups excluding carboxylic acids is 1. The Morgan fingerprint density at radius 1 is 1.44 bits per heavy atom. The Morgan fingerprint density at radius 2 is 2.22 bits per heavy atom. The summed E-state index contributed by atoms with van der Waals surface area (Å²) < 4.78 is 0. The van der Waals surface area contributed by atoms with E-state index in [9.17, 15) is 4.79 Å². The van der Waals surface area contributed by atoms with Crippen LogP contribution < -0.4 is 5.32 Å². The summed E-state index contributed by atoms with van der Waals surface area (Å²) in [6.45, 7) is 1.72. The molecule has 1 atom stereocenters. The lowest BCUT2D eigenvalue weighted by molar-refractivity contribution is -0.122. The van der Waals surface area contributed by atoms with Gasteiger partial charge in [-0.1, -0.05) is 30.3 Å². The van der Waals surface area contributed by atoms with Crippen LogP contribution in [0.15, 0.2) is 30.3 Å². The number of nitrogens with one attached hydrogen (secondary N) is 1. The molecule has 1 aromatic rings. The van der Waals surface area contributed by atoms with Crippen LogP contribution in [0.4, 0.5) is 0 Å². The fourth-order valence-electron chi connectivity index (χ4n) is 2.20. The molecule has 1 unspecified atom stereocenters. The Hall–Kier alpha value is -1.86. The minimum atomic E-state index is -0.0903. The molecule has 0 radical (unpaired) electrons. The fourth-order valence-corrected chi connectivity index (χ4v) is 2.20. The van der Waals surface area contributed by atoms with E-state index in [0.29, 0.717) is 13.1 Å². The molecule has 1 fully saturated rings. The number of benzene rings is 1. The van der Waals surface area contributed by atoms with Crippen molar-refractivity contribution >= 4 is 5.91 Å². The number of carbonyl (C=O) groups is 1. The van der Waals surface area contributed by atoms with Gasteiger partial charge in [-0.15, -0.1) is 0 Å². The van der Waals surface area contributed by atoms with Crippen LogP contribution in [0.3, 0.4) is 0 Å². The molecule has 0 aromatic heterocycles. The number of amides is 1. The maximum atomic E-state index is 11.8. The summed E-state index contributed by atoms with van der Waals surface area (Å²) >= 11 is 0. The van der Waals surface area contributed by atoms with E-state index in [2.05, 4.69) is 11.4 Å². The van der Waals surface area contributed by atoms with Crippen molar-refractivity contribution in [1.29, 1.82) is 5.26 Å². The number of hydrogen-bond acceptors (Lipinski definition) is 3. The van der Waals surface area contributed by atoms with Gasteiger partial charge in [0, 0.05) is 13.1 Å². The molecule has 0 bridgehead atoms. The highest BCUT2D eigenvalue weighted by molar-refractivity contribution is 5.78. The quantitative estimate of drug-likeness (QED) is 0.867. The van der Waals surface area contributed by atoms with Gasteiger partial charge in [-0.3, -0.25) is 9.69 Å². The van der Waals surface area contributed by atoms with Gasteiger partial charge in [-0.2, -0.15) is 5.26 Å². The normalized spacial score (nSPS) is 19.4. The second kappa shape index (κ2) is 6.18. The zero-order chi connectivity index (χ0) is 12.8. The van der Waals surface area contributed by atoms with Crippen LogP contribution in [0.25, 0.3) is 0 Å². The van der Waals surface area contributed by atoms with E-state index >= 15 is 0 Å². The van der Waals surface area contributed by atoms with E-state index in [-0.39, 0.29) is 11.9 Å². The van der Waals surface area contributed by atoms with Gasteiger partial charge in [0.05, 0.1) is 18.7 Å². The van der Waals surface area contributed by atoms with Crippen LogP contribution in [0.2, 0.25) is 0 Å². The molecule has 1 N–H and O–H groups in total. The Bertz CT molecular complexity index is 438. The molecule has 0 saturated carbocycles. The molecule has 1 aliphatic rings. The second-order valence-electron chi connectivity index (χ2n) is 4.52. The zero-order valence-electron chi connectivity index (χ0n) is 10.3. The molecule has 94 valence electrons. The van der Waals surface area contributed by atoms with Crippen molar-refractivity contribution in [3.05, 3.63) is 35.9 Å². The lowest BCUT2D eigenvalue weighted by Gasteiger charge is -2.18. The number of rotatable bonds is 4. The van der Waals surface area contributed by atoms with Gasteiger partial charge in [-0.05, 0) is 18.4 Å². The summed E-state index contributed by atoms with van der Waals surface area (Å²) in [5.74, 6) is -0.0130. The first-order valence-corrected chi connectivity index (χ1v) is 6.24. The largest absolute Gasteiger partial charge is 0.351 e. The predicted molar refractivity (Wildman–Crippen MR) is 68.5 cm³/mol. The maximum absolute atomic E-state index is 11.8. The standard InChI is InChI=1S/C14H17N3O/c15-9-13-7-4-8-17(13)11-14(18)16-10-12-5-2-1-3-6-12/h1-3,5-6,13H,4,7-8,10-11H2,(H,16,18). The SMILES string of the molecule is N#CC1CCCN1CC(=O)NCc1ccccc1. The maximum Gasteiger partial charge on any atom is 0.234 e. The molecule has 1 saturated heterocycles. The van der Waals surface area contributed by atoms with Crippen molar-refractivity contribution in [2.45, 2.75) is 25.4 Å². The van der Waals surface area contributed by atoms with E-state index < -0.39 is 0 Å². The third-order valence-corrected chi connectivity index (χ3v) is 3.19. The first kappa shape index (κ1) is 12.6. The van der Waals surface area contributed by atoms with Crippen molar-refractivity contribution < 1.29 is 4.79 Å². The van der Waals surface area contributed by atoms with Gasteiger partial charge in [-0.25, -0.2) is 0 Å². The molecule has 18 heavy (non-hydrogen) atoms. The third kappa shape index (κ3) is 3.31. The Morgan fingerprint density at radius 3 is 2.94 bits per heavy atom. The van der Waals surface area contributed by atoms with E-state index in [4.69, 9.17) is 5.26 Å². The molecule has 0 aliphatic carbocycles. The van der Waals surface area contributed by atoms with Crippen LogP contribution in [0.5, 0.6) is 0 Å². The highest BCUT2D eigenvalue weighted by Crippen LogP contribution is 2.15. The van der Waals surface area contributed by atoms with Gasteiger partial charge < -0.3 is 5.32 Å². The van der Waals surface area contributed by atoms with E-state index in [0.717, 1.165) is 24.9 Å². The molecule has 4 nitrogen and oxygen atoms in total. The average molecular weight is 243 g/mol. The second-order valence-corrected chi connectivity index (χ2v) is 4.52. The van der Waals surface area contributed by atoms with Crippen LogP contribution in [-0.4, -0.2) is 29.9 Å². The highest BCUT2D eigenvalue weighted by atomic mass is 16.2. The average Bonchev–Trinajstić information content (AvgIpc) is 2.85. The molecule has 4 heteroatoms. The predicted octanol–water partition coefficient (Wildman–Crippen LogP) is 1.29. The van der Waals surface area contributed by atoms with Crippen molar-refractivity contribution in [3.63, 3.8) is 0 Å². The zero-order valence-corrected chi connectivity index (χ0v) is 10.3. The smallest absolute Gasteiger partial charge is 0.234 e. The molecule has 1 aliphatic heterocycles. The minimum Gasteiger partial charge on any atom is -0.351 e. The molecule has 1 aromatic carbocycles. The lowest BCUT2D eigenvalue weighted by atomic mass is 10.2. The highest BCUT2D eigenvalue weighted by Gasteiger charge is 2.25. The topological polar surface area (TPSA) is 56.1 Å². The Balaban J connectivity index is 1.77. The lowest BCUT2D eigenvalue weighted by Crippen LogP contribution is -2.39. The van der Waals surface area contributed by atoms with Crippen molar-refractivity contribution in [1.82, 2.24) is 10.2 Å². The number of hydrogen-bond donors (Lipinski definition) is 1.